The molecule has 3 rings (SSSR count). The van der Waals surface area contributed by atoms with Crippen LogP contribution in [-0.2, 0) is 19.6 Å². The molecule has 2 saturated heterocycles. The van der Waals surface area contributed by atoms with Crippen molar-refractivity contribution in [2.75, 3.05) is 19.7 Å². The van der Waals surface area contributed by atoms with Crippen LogP contribution in [0, 0.1) is 13.8 Å². The molecule has 1 amide bonds. The number of ether oxygens (including phenoxy) is 1. The van der Waals surface area contributed by atoms with E-state index in [1.165, 1.54) is 4.31 Å². The molecule has 0 saturated carbocycles. The maximum Gasteiger partial charge on any atom is 0.249 e. The number of aryl methyl sites for hydroxylation is 2. The molecule has 24 heavy (non-hydrogen) atoms. The Kier molecular flexibility index (Phi) is 4.93. The molecule has 8 nitrogen and oxygen atoms in total. The fourth-order valence-corrected chi connectivity index (χ4v) is 5.17. The topological polar surface area (TPSA) is 104 Å². The number of amides is 1. The van der Waals surface area contributed by atoms with E-state index in [9.17, 15) is 13.2 Å². The molecule has 0 spiro atoms. The predicted molar refractivity (Wildman–Crippen MR) is 87.0 cm³/mol. The van der Waals surface area contributed by atoms with Crippen molar-refractivity contribution in [2.24, 2.45) is 0 Å². The van der Waals surface area contributed by atoms with Crippen LogP contribution in [0.2, 0.25) is 0 Å². The van der Waals surface area contributed by atoms with E-state index in [4.69, 9.17) is 4.74 Å². The number of sulfonamides is 1. The highest BCUT2D eigenvalue weighted by Crippen LogP contribution is 2.25. The van der Waals surface area contributed by atoms with Crippen molar-refractivity contribution < 1.29 is 17.9 Å². The Morgan fingerprint density at radius 2 is 2.00 bits per heavy atom. The summed E-state index contributed by atoms with van der Waals surface area (Å²) in [5, 5.41) is 9.68. The van der Waals surface area contributed by atoms with Gasteiger partial charge in [0, 0.05) is 25.7 Å². The number of carbonyl (C=O) groups is 1. The van der Waals surface area contributed by atoms with E-state index in [2.05, 4.69) is 15.5 Å². The van der Waals surface area contributed by atoms with Crippen molar-refractivity contribution in [1.82, 2.24) is 19.8 Å². The molecule has 9 heteroatoms. The van der Waals surface area contributed by atoms with Gasteiger partial charge in [-0.1, -0.05) is 0 Å². The Labute approximate surface area is 142 Å². The van der Waals surface area contributed by atoms with E-state index in [0.717, 1.165) is 12.8 Å². The van der Waals surface area contributed by atoms with E-state index < -0.39 is 10.0 Å². The number of hydrogen-bond donors (Lipinski definition) is 2. The van der Waals surface area contributed by atoms with Crippen molar-refractivity contribution >= 4 is 15.9 Å². The first-order chi connectivity index (χ1) is 11.4. The highest BCUT2D eigenvalue weighted by atomic mass is 32.2. The molecule has 2 aliphatic rings. The van der Waals surface area contributed by atoms with Gasteiger partial charge in [-0.15, -0.1) is 0 Å². The zero-order valence-electron chi connectivity index (χ0n) is 14.0. The molecule has 3 heterocycles. The summed E-state index contributed by atoms with van der Waals surface area (Å²) in [6.07, 6.45) is 2.54. The molecule has 2 N–H and O–H groups in total. The molecule has 0 radical (unpaired) electrons. The summed E-state index contributed by atoms with van der Waals surface area (Å²) >= 11 is 0. The van der Waals surface area contributed by atoms with Crippen molar-refractivity contribution in [3.8, 4) is 0 Å². The summed E-state index contributed by atoms with van der Waals surface area (Å²) in [6, 6.07) is -0.000284. The average Bonchev–Trinajstić information content (AvgIpc) is 3.18. The summed E-state index contributed by atoms with van der Waals surface area (Å²) < 4.78 is 32.4. The average molecular weight is 356 g/mol. The van der Waals surface area contributed by atoms with Gasteiger partial charge in [0.1, 0.15) is 11.0 Å². The molecule has 1 aromatic rings. The number of piperidine rings is 1. The summed E-state index contributed by atoms with van der Waals surface area (Å²) in [5.41, 5.74) is 1.04. The molecule has 2 fully saturated rings. The highest BCUT2D eigenvalue weighted by Gasteiger charge is 2.34. The van der Waals surface area contributed by atoms with Crippen LogP contribution in [0.3, 0.4) is 0 Å². The number of hydrogen-bond acceptors (Lipinski definition) is 5. The molecule has 1 unspecified atom stereocenters. The van der Waals surface area contributed by atoms with Gasteiger partial charge in [-0.25, -0.2) is 8.42 Å². The second kappa shape index (κ2) is 6.81. The zero-order chi connectivity index (χ0) is 17.3. The molecule has 0 bridgehead atoms. The lowest BCUT2D eigenvalue weighted by Gasteiger charge is -2.32. The van der Waals surface area contributed by atoms with Crippen LogP contribution in [0.5, 0.6) is 0 Å². The largest absolute Gasteiger partial charge is 0.368 e. The van der Waals surface area contributed by atoms with Crippen LogP contribution in [0.25, 0.3) is 0 Å². The van der Waals surface area contributed by atoms with Crippen molar-refractivity contribution in [1.29, 1.82) is 0 Å². The minimum absolute atomic E-state index is 0.000284. The SMILES string of the molecule is Cc1n[nH]c(C)c1S(=O)(=O)N1CCC(NC(=O)C2CCCO2)CC1. The fourth-order valence-electron chi connectivity index (χ4n) is 3.37. The van der Waals surface area contributed by atoms with Gasteiger partial charge in [-0.05, 0) is 39.5 Å². The fraction of sp³-hybridized carbons (Fsp3) is 0.733. The van der Waals surface area contributed by atoms with Crippen molar-refractivity contribution in [3.05, 3.63) is 11.4 Å². The monoisotopic (exact) mass is 356 g/mol. The molecule has 2 aliphatic heterocycles. The molecule has 0 aromatic carbocycles. The van der Waals surface area contributed by atoms with Crippen LogP contribution in [0.1, 0.15) is 37.1 Å². The number of aromatic nitrogens is 2. The van der Waals surface area contributed by atoms with Gasteiger partial charge in [0.2, 0.25) is 15.9 Å². The van der Waals surface area contributed by atoms with Crippen molar-refractivity contribution in [3.63, 3.8) is 0 Å². The van der Waals surface area contributed by atoms with E-state index in [0.29, 0.717) is 43.9 Å². The summed E-state index contributed by atoms with van der Waals surface area (Å²) in [6.45, 7) is 4.82. The van der Waals surface area contributed by atoms with Gasteiger partial charge in [0.15, 0.2) is 0 Å². The van der Waals surface area contributed by atoms with Crippen LogP contribution in [0.4, 0.5) is 0 Å². The first-order valence-corrected chi connectivity index (χ1v) is 9.77. The molecule has 134 valence electrons. The maximum absolute atomic E-state index is 12.8. The normalized spacial score (nSPS) is 23.5. The Balaban J connectivity index is 1.59. The van der Waals surface area contributed by atoms with Crippen LogP contribution < -0.4 is 5.32 Å². The van der Waals surface area contributed by atoms with E-state index in [1.807, 2.05) is 0 Å². The quantitative estimate of drug-likeness (QED) is 0.816. The van der Waals surface area contributed by atoms with Gasteiger partial charge in [0.05, 0.1) is 11.4 Å². The third-order valence-electron chi connectivity index (χ3n) is 4.68. The molecular weight excluding hydrogens is 332 g/mol. The van der Waals surface area contributed by atoms with Crippen LogP contribution in [0.15, 0.2) is 4.90 Å². The Bertz CT molecular complexity index is 682. The highest BCUT2D eigenvalue weighted by molar-refractivity contribution is 7.89. The van der Waals surface area contributed by atoms with E-state index in [-0.39, 0.29) is 22.9 Å². The van der Waals surface area contributed by atoms with Crippen LogP contribution >= 0.6 is 0 Å². The van der Waals surface area contributed by atoms with Gasteiger partial charge in [0.25, 0.3) is 0 Å². The van der Waals surface area contributed by atoms with Crippen molar-refractivity contribution in [2.45, 2.75) is 56.6 Å². The summed E-state index contributed by atoms with van der Waals surface area (Å²) in [4.78, 5) is 12.4. The minimum atomic E-state index is -3.55. The Morgan fingerprint density at radius 3 is 2.54 bits per heavy atom. The maximum atomic E-state index is 12.8. The Morgan fingerprint density at radius 1 is 1.29 bits per heavy atom. The number of rotatable bonds is 4. The third kappa shape index (κ3) is 3.33. The third-order valence-corrected chi connectivity index (χ3v) is 6.84. The number of nitrogens with zero attached hydrogens (tertiary/aromatic N) is 2. The van der Waals surface area contributed by atoms with Crippen LogP contribution in [-0.4, -0.2) is 60.7 Å². The van der Waals surface area contributed by atoms with Gasteiger partial charge in [-0.2, -0.15) is 9.40 Å². The van der Waals surface area contributed by atoms with Gasteiger partial charge < -0.3 is 10.1 Å². The number of aromatic amines is 1. The lowest BCUT2D eigenvalue weighted by molar-refractivity contribution is -0.131. The summed E-state index contributed by atoms with van der Waals surface area (Å²) in [5.74, 6) is -0.0738. The molecular formula is C15H24N4O4S. The minimum Gasteiger partial charge on any atom is -0.368 e. The first-order valence-electron chi connectivity index (χ1n) is 8.33. The second-order valence-electron chi connectivity index (χ2n) is 6.45. The number of H-pyrrole nitrogens is 1. The summed E-state index contributed by atoms with van der Waals surface area (Å²) in [7, 11) is -3.55. The lowest BCUT2D eigenvalue weighted by atomic mass is 10.1. The van der Waals surface area contributed by atoms with E-state index in [1.54, 1.807) is 13.8 Å². The Hall–Kier alpha value is -1.45. The van der Waals surface area contributed by atoms with E-state index >= 15 is 0 Å². The second-order valence-corrected chi connectivity index (χ2v) is 8.33. The van der Waals surface area contributed by atoms with Gasteiger partial charge in [-0.3, -0.25) is 9.89 Å². The predicted octanol–water partition coefficient (Wildman–Crippen LogP) is 0.475. The number of carbonyl (C=O) groups excluding carboxylic acids is 1. The van der Waals surface area contributed by atoms with Gasteiger partial charge >= 0.3 is 0 Å². The lowest BCUT2D eigenvalue weighted by Crippen LogP contribution is -2.48. The number of nitrogens with one attached hydrogen (secondary N) is 2. The smallest absolute Gasteiger partial charge is 0.249 e. The standard InChI is InChI=1S/C15H24N4O4S/c1-10-14(11(2)18-17-10)24(21,22)19-7-5-12(6-8-19)16-15(20)13-4-3-9-23-13/h12-13H,3-9H2,1-2H3,(H,16,20)(H,17,18). The first kappa shape index (κ1) is 17.4. The zero-order valence-corrected chi connectivity index (χ0v) is 14.9. The molecule has 1 atom stereocenters. The molecule has 1 aromatic heterocycles. The molecule has 0 aliphatic carbocycles.